The van der Waals surface area contributed by atoms with Gasteiger partial charge in [-0.2, -0.15) is 17.0 Å². The van der Waals surface area contributed by atoms with Gasteiger partial charge in [0.05, 0.1) is 12.2 Å². The highest BCUT2D eigenvalue weighted by Crippen LogP contribution is 2.27. The zero-order valence-corrected chi connectivity index (χ0v) is 18.5. The number of hydrogen-bond acceptors (Lipinski definition) is 3. The van der Waals surface area contributed by atoms with Crippen molar-refractivity contribution >= 4 is 26.1 Å². The predicted molar refractivity (Wildman–Crippen MR) is 111 cm³/mol. The molecule has 3 rings (SSSR count). The molecule has 1 aliphatic heterocycles. The molecule has 0 saturated carbocycles. The molecule has 2 atom stereocenters. The molecule has 0 radical (unpaired) electrons. The van der Waals surface area contributed by atoms with E-state index < -0.39 is 16.0 Å². The molecule has 28 heavy (non-hydrogen) atoms. The zero-order chi connectivity index (χ0) is 20.3. The first-order chi connectivity index (χ1) is 13.3. The highest BCUT2D eigenvalue weighted by molar-refractivity contribution is 9.10. The summed E-state index contributed by atoms with van der Waals surface area (Å²) < 4.78 is 44.8. The Morgan fingerprint density at radius 2 is 1.89 bits per heavy atom. The molecule has 0 spiro atoms. The lowest BCUT2D eigenvalue weighted by atomic mass is 9.94. The van der Waals surface area contributed by atoms with Crippen molar-refractivity contribution in [3.8, 4) is 0 Å². The molecule has 5 nitrogen and oxygen atoms in total. The first-order valence-electron chi connectivity index (χ1n) is 9.34. The average molecular weight is 470 g/mol. The average Bonchev–Trinajstić information content (AvgIpc) is 2.63. The van der Waals surface area contributed by atoms with Gasteiger partial charge in [-0.05, 0) is 42.5 Å². The van der Waals surface area contributed by atoms with E-state index in [0.717, 1.165) is 6.42 Å². The van der Waals surface area contributed by atoms with Gasteiger partial charge in [-0.1, -0.05) is 41.9 Å². The number of rotatable bonds is 6. The van der Waals surface area contributed by atoms with Crippen molar-refractivity contribution in [1.29, 1.82) is 0 Å². The van der Waals surface area contributed by atoms with E-state index in [9.17, 15) is 12.8 Å². The van der Waals surface area contributed by atoms with Crippen molar-refractivity contribution in [1.82, 2.24) is 13.6 Å². The quantitative estimate of drug-likeness (QED) is 0.636. The Kier molecular flexibility index (Phi) is 6.85. The van der Waals surface area contributed by atoms with Gasteiger partial charge in [-0.3, -0.25) is 4.98 Å². The Morgan fingerprint density at radius 3 is 2.50 bits per heavy atom. The normalized spacial score (nSPS) is 21.2. The highest BCUT2D eigenvalue weighted by Gasteiger charge is 2.35. The van der Waals surface area contributed by atoms with Gasteiger partial charge < -0.3 is 0 Å². The summed E-state index contributed by atoms with van der Waals surface area (Å²) in [4.78, 5) is 4.26. The van der Waals surface area contributed by atoms with E-state index in [1.165, 1.54) is 14.7 Å². The maximum Gasteiger partial charge on any atom is 0.282 e. The molecule has 152 valence electrons. The molecule has 0 bridgehead atoms. The van der Waals surface area contributed by atoms with Gasteiger partial charge in [0.15, 0.2) is 0 Å². The standard InChI is InChI=1S/C20H25BrFN3O2S/c1-15-9-16(2)12-24(11-15)28(26,27)25(14-19-5-3-4-8-23-19)13-17-6-7-18(21)10-20(17)22/h3-8,10,15-16H,9,11-14H2,1-2H3. The predicted octanol–water partition coefficient (Wildman–Crippen LogP) is 4.21. The maximum atomic E-state index is 14.4. The summed E-state index contributed by atoms with van der Waals surface area (Å²) in [6.07, 6.45) is 2.64. The van der Waals surface area contributed by atoms with Crippen LogP contribution in [0.2, 0.25) is 0 Å². The third-order valence-electron chi connectivity index (χ3n) is 4.91. The van der Waals surface area contributed by atoms with Crippen molar-refractivity contribution < 1.29 is 12.8 Å². The molecular formula is C20H25BrFN3O2S. The third-order valence-corrected chi connectivity index (χ3v) is 7.27. The molecular weight excluding hydrogens is 445 g/mol. The van der Waals surface area contributed by atoms with Crippen LogP contribution in [0.1, 0.15) is 31.5 Å². The Labute approximate surface area is 174 Å². The zero-order valence-electron chi connectivity index (χ0n) is 16.1. The van der Waals surface area contributed by atoms with Crippen LogP contribution in [0.3, 0.4) is 0 Å². The Balaban J connectivity index is 1.92. The van der Waals surface area contributed by atoms with Crippen molar-refractivity contribution in [3.63, 3.8) is 0 Å². The third kappa shape index (κ3) is 5.17. The molecule has 1 fully saturated rings. The highest BCUT2D eigenvalue weighted by atomic mass is 79.9. The lowest BCUT2D eigenvalue weighted by molar-refractivity contribution is 0.206. The minimum absolute atomic E-state index is 0.0444. The van der Waals surface area contributed by atoms with Gasteiger partial charge in [-0.15, -0.1) is 0 Å². The van der Waals surface area contributed by atoms with Crippen molar-refractivity contribution in [2.24, 2.45) is 11.8 Å². The first-order valence-corrected chi connectivity index (χ1v) is 11.5. The molecule has 1 aromatic heterocycles. The van der Waals surface area contributed by atoms with E-state index in [1.54, 1.807) is 30.5 Å². The summed E-state index contributed by atoms with van der Waals surface area (Å²) >= 11 is 3.24. The summed E-state index contributed by atoms with van der Waals surface area (Å²) in [5, 5.41) is 0. The fourth-order valence-corrected chi connectivity index (χ4v) is 5.83. The summed E-state index contributed by atoms with van der Waals surface area (Å²) in [6, 6.07) is 10.1. The molecule has 2 unspecified atom stereocenters. The number of halogens is 2. The van der Waals surface area contributed by atoms with Gasteiger partial charge >= 0.3 is 0 Å². The SMILES string of the molecule is CC1CC(C)CN(S(=O)(=O)N(Cc2ccccn2)Cc2ccc(Br)cc2F)C1. The van der Waals surface area contributed by atoms with Crippen molar-refractivity contribution in [3.05, 3.63) is 64.1 Å². The van der Waals surface area contributed by atoms with Gasteiger partial charge in [0.2, 0.25) is 0 Å². The second-order valence-corrected chi connectivity index (χ2v) is 10.4. The number of pyridine rings is 1. The van der Waals surface area contributed by atoms with Crippen LogP contribution in [0.25, 0.3) is 0 Å². The fourth-order valence-electron chi connectivity index (χ4n) is 3.69. The monoisotopic (exact) mass is 469 g/mol. The van der Waals surface area contributed by atoms with E-state index in [2.05, 4.69) is 34.8 Å². The van der Waals surface area contributed by atoms with Crippen LogP contribution in [0, 0.1) is 17.7 Å². The summed E-state index contributed by atoms with van der Waals surface area (Å²) in [7, 11) is -3.76. The molecule has 8 heteroatoms. The molecule has 0 amide bonds. The van der Waals surface area contributed by atoms with E-state index in [-0.39, 0.29) is 13.1 Å². The second-order valence-electron chi connectivity index (χ2n) is 7.60. The number of hydrogen-bond donors (Lipinski definition) is 0. The van der Waals surface area contributed by atoms with Crippen LogP contribution >= 0.6 is 15.9 Å². The minimum Gasteiger partial charge on any atom is -0.260 e. The Hall–Kier alpha value is -1.35. The molecule has 1 aromatic carbocycles. The van der Waals surface area contributed by atoms with Gasteiger partial charge in [0, 0.05) is 35.9 Å². The second kappa shape index (κ2) is 8.98. The largest absolute Gasteiger partial charge is 0.282 e. The van der Waals surface area contributed by atoms with Crippen molar-refractivity contribution in [2.75, 3.05) is 13.1 Å². The first kappa shape index (κ1) is 21.4. The van der Waals surface area contributed by atoms with E-state index in [1.807, 2.05) is 6.07 Å². The van der Waals surface area contributed by atoms with Crippen LogP contribution in [0.4, 0.5) is 4.39 Å². The van der Waals surface area contributed by atoms with Gasteiger partial charge in [0.1, 0.15) is 5.82 Å². The van der Waals surface area contributed by atoms with Crippen LogP contribution in [-0.4, -0.2) is 35.1 Å². The number of benzene rings is 1. The van der Waals surface area contributed by atoms with Gasteiger partial charge in [0.25, 0.3) is 10.2 Å². The van der Waals surface area contributed by atoms with Crippen LogP contribution in [0.15, 0.2) is 47.1 Å². The van der Waals surface area contributed by atoms with Crippen LogP contribution < -0.4 is 0 Å². The van der Waals surface area contributed by atoms with Gasteiger partial charge in [-0.25, -0.2) is 4.39 Å². The minimum atomic E-state index is -3.76. The summed E-state index contributed by atoms with van der Waals surface area (Å²) in [6.45, 7) is 5.14. The molecule has 1 aliphatic rings. The lowest BCUT2D eigenvalue weighted by Crippen LogP contribution is -2.49. The van der Waals surface area contributed by atoms with Crippen LogP contribution in [0.5, 0.6) is 0 Å². The summed E-state index contributed by atoms with van der Waals surface area (Å²) in [5.41, 5.74) is 0.961. The molecule has 0 N–H and O–H groups in total. The summed E-state index contributed by atoms with van der Waals surface area (Å²) in [5.74, 6) is 0.148. The van der Waals surface area contributed by atoms with Crippen molar-refractivity contribution in [2.45, 2.75) is 33.4 Å². The Morgan fingerprint density at radius 1 is 1.18 bits per heavy atom. The molecule has 1 saturated heterocycles. The fraction of sp³-hybridized carbons (Fsp3) is 0.450. The smallest absolute Gasteiger partial charge is 0.260 e. The molecule has 2 heterocycles. The number of piperidine rings is 1. The molecule has 2 aromatic rings. The number of nitrogens with zero attached hydrogens (tertiary/aromatic N) is 3. The lowest BCUT2D eigenvalue weighted by Gasteiger charge is -2.37. The Bertz CT molecular complexity index is 901. The van der Waals surface area contributed by atoms with E-state index in [4.69, 9.17) is 0 Å². The van der Waals surface area contributed by atoms with E-state index >= 15 is 0 Å². The number of aromatic nitrogens is 1. The van der Waals surface area contributed by atoms with Crippen LogP contribution in [-0.2, 0) is 23.3 Å². The molecule has 0 aliphatic carbocycles. The van der Waals surface area contributed by atoms with E-state index in [0.29, 0.717) is 40.7 Å². The maximum absolute atomic E-state index is 14.4. The topological polar surface area (TPSA) is 53.5 Å².